The molecule has 0 radical (unpaired) electrons. The van der Waals surface area contributed by atoms with Crippen LogP contribution in [0.15, 0.2) is 30.7 Å². The highest BCUT2D eigenvalue weighted by molar-refractivity contribution is 6.04. The summed E-state index contributed by atoms with van der Waals surface area (Å²) in [6, 6.07) is 3.54. The SMILES string of the molecule is CCNC(=O)c1nccc2nn(Cc3cnc(OCC(F)F)c(C)c3)cc12. The van der Waals surface area contributed by atoms with Gasteiger partial charge in [-0.05, 0) is 31.5 Å². The molecule has 142 valence electrons. The van der Waals surface area contributed by atoms with E-state index < -0.39 is 13.0 Å². The van der Waals surface area contributed by atoms with Gasteiger partial charge in [0.05, 0.1) is 17.4 Å². The average molecular weight is 375 g/mol. The van der Waals surface area contributed by atoms with Crippen molar-refractivity contribution in [1.82, 2.24) is 25.1 Å². The molecule has 1 N–H and O–H groups in total. The number of aryl methyl sites for hydroxylation is 1. The minimum absolute atomic E-state index is 0.187. The summed E-state index contributed by atoms with van der Waals surface area (Å²) in [6.45, 7) is 3.81. The molecule has 0 saturated carbocycles. The summed E-state index contributed by atoms with van der Waals surface area (Å²) in [5.74, 6) is -0.0620. The van der Waals surface area contributed by atoms with Gasteiger partial charge in [-0.1, -0.05) is 0 Å². The Hall–Kier alpha value is -3.10. The van der Waals surface area contributed by atoms with Crippen LogP contribution in [0.2, 0.25) is 0 Å². The Kier molecular flexibility index (Phi) is 5.58. The molecule has 0 fully saturated rings. The van der Waals surface area contributed by atoms with Gasteiger partial charge in [-0.15, -0.1) is 0 Å². The third-order valence-corrected chi connectivity index (χ3v) is 3.81. The lowest BCUT2D eigenvalue weighted by Crippen LogP contribution is -2.23. The number of ether oxygens (including phenoxy) is 1. The molecule has 1 amide bonds. The van der Waals surface area contributed by atoms with Crippen LogP contribution in [0.1, 0.15) is 28.5 Å². The van der Waals surface area contributed by atoms with Crippen LogP contribution in [-0.4, -0.2) is 45.2 Å². The second-order valence-corrected chi connectivity index (χ2v) is 5.95. The maximum atomic E-state index is 12.3. The van der Waals surface area contributed by atoms with Crippen molar-refractivity contribution in [2.45, 2.75) is 26.8 Å². The summed E-state index contributed by atoms with van der Waals surface area (Å²) in [7, 11) is 0. The second kappa shape index (κ2) is 8.07. The number of fused-ring (bicyclic) bond motifs is 1. The number of hydrogen-bond donors (Lipinski definition) is 1. The number of halogens is 2. The Morgan fingerprint density at radius 2 is 2.19 bits per heavy atom. The number of amides is 1. The average Bonchev–Trinajstić information content (AvgIpc) is 3.03. The first-order valence-corrected chi connectivity index (χ1v) is 8.44. The minimum atomic E-state index is -2.55. The van der Waals surface area contributed by atoms with E-state index in [4.69, 9.17) is 4.74 Å². The van der Waals surface area contributed by atoms with Crippen molar-refractivity contribution in [3.8, 4) is 5.88 Å². The van der Waals surface area contributed by atoms with Crippen molar-refractivity contribution in [2.75, 3.05) is 13.2 Å². The van der Waals surface area contributed by atoms with Gasteiger partial charge >= 0.3 is 0 Å². The van der Waals surface area contributed by atoms with Gasteiger partial charge in [0.25, 0.3) is 12.3 Å². The van der Waals surface area contributed by atoms with E-state index in [1.165, 1.54) is 0 Å². The Morgan fingerprint density at radius 3 is 2.89 bits per heavy atom. The van der Waals surface area contributed by atoms with Crippen LogP contribution in [0.5, 0.6) is 5.88 Å². The normalized spacial score (nSPS) is 11.1. The highest BCUT2D eigenvalue weighted by Gasteiger charge is 2.14. The predicted molar refractivity (Wildman–Crippen MR) is 95.1 cm³/mol. The van der Waals surface area contributed by atoms with E-state index in [0.717, 1.165) is 5.56 Å². The molecule has 7 nitrogen and oxygen atoms in total. The molecular formula is C18H19F2N5O2. The van der Waals surface area contributed by atoms with E-state index in [1.807, 2.05) is 13.0 Å². The van der Waals surface area contributed by atoms with E-state index in [2.05, 4.69) is 20.4 Å². The fraction of sp³-hybridized carbons (Fsp3) is 0.333. The number of rotatable bonds is 7. The van der Waals surface area contributed by atoms with Gasteiger partial charge in [0.1, 0.15) is 5.69 Å². The van der Waals surface area contributed by atoms with E-state index in [1.54, 1.807) is 36.3 Å². The molecule has 0 atom stereocenters. The zero-order chi connectivity index (χ0) is 19.4. The van der Waals surface area contributed by atoms with E-state index in [-0.39, 0.29) is 11.8 Å². The summed E-state index contributed by atoms with van der Waals surface area (Å²) in [4.78, 5) is 20.4. The number of aromatic nitrogens is 4. The van der Waals surface area contributed by atoms with Crippen LogP contribution in [0, 0.1) is 6.92 Å². The quantitative estimate of drug-likeness (QED) is 0.686. The van der Waals surface area contributed by atoms with E-state index >= 15 is 0 Å². The molecule has 3 heterocycles. The number of nitrogens with zero attached hydrogens (tertiary/aromatic N) is 4. The van der Waals surface area contributed by atoms with Crippen LogP contribution in [0.25, 0.3) is 10.9 Å². The molecule has 0 aliphatic carbocycles. The van der Waals surface area contributed by atoms with Gasteiger partial charge in [0, 0.05) is 30.7 Å². The summed E-state index contributed by atoms with van der Waals surface area (Å²) < 4.78 is 31.2. The van der Waals surface area contributed by atoms with Crippen LogP contribution < -0.4 is 10.1 Å². The second-order valence-electron chi connectivity index (χ2n) is 5.95. The lowest BCUT2D eigenvalue weighted by Gasteiger charge is -2.09. The Morgan fingerprint density at radius 1 is 1.37 bits per heavy atom. The predicted octanol–water partition coefficient (Wildman–Crippen LogP) is 2.58. The molecule has 27 heavy (non-hydrogen) atoms. The maximum Gasteiger partial charge on any atom is 0.272 e. The maximum absolute atomic E-state index is 12.3. The largest absolute Gasteiger partial charge is 0.471 e. The first-order valence-electron chi connectivity index (χ1n) is 8.44. The van der Waals surface area contributed by atoms with Gasteiger partial charge in [-0.25, -0.2) is 13.8 Å². The first kappa shape index (κ1) is 18.7. The van der Waals surface area contributed by atoms with Gasteiger partial charge in [0.2, 0.25) is 5.88 Å². The molecular weight excluding hydrogens is 356 g/mol. The number of alkyl halides is 2. The fourth-order valence-electron chi connectivity index (χ4n) is 2.69. The first-order chi connectivity index (χ1) is 13.0. The standard InChI is InChI=1S/C18H19F2N5O2/c1-3-21-17(26)16-13-9-25(24-14(13)4-5-22-16)8-12-6-11(2)18(23-7-12)27-10-15(19)20/h4-7,9,15H,3,8,10H2,1-2H3,(H,21,26). The number of pyridine rings is 2. The summed E-state index contributed by atoms with van der Waals surface area (Å²) in [5, 5.41) is 7.85. The molecule has 0 aliphatic heterocycles. The van der Waals surface area contributed by atoms with Gasteiger partial charge in [-0.2, -0.15) is 5.10 Å². The third kappa shape index (κ3) is 4.36. The number of nitrogens with one attached hydrogen (secondary N) is 1. The Balaban J connectivity index is 1.81. The molecule has 0 bridgehead atoms. The number of carbonyl (C=O) groups excluding carboxylic acids is 1. The smallest absolute Gasteiger partial charge is 0.272 e. The molecule has 0 aliphatic rings. The lowest BCUT2D eigenvalue weighted by atomic mass is 10.2. The highest BCUT2D eigenvalue weighted by Crippen LogP contribution is 2.19. The fourth-order valence-corrected chi connectivity index (χ4v) is 2.69. The molecule has 0 spiro atoms. The zero-order valence-corrected chi connectivity index (χ0v) is 14.9. The van der Waals surface area contributed by atoms with Crippen molar-refractivity contribution < 1.29 is 18.3 Å². The van der Waals surface area contributed by atoms with Crippen molar-refractivity contribution in [1.29, 1.82) is 0 Å². The van der Waals surface area contributed by atoms with Gasteiger partial charge < -0.3 is 10.1 Å². The van der Waals surface area contributed by atoms with Crippen LogP contribution in [-0.2, 0) is 6.54 Å². The van der Waals surface area contributed by atoms with Crippen LogP contribution in [0.3, 0.4) is 0 Å². The molecule has 0 unspecified atom stereocenters. The molecule has 0 saturated heterocycles. The molecule has 0 aromatic carbocycles. The van der Waals surface area contributed by atoms with Crippen molar-refractivity contribution in [3.05, 3.63) is 47.5 Å². The Bertz CT molecular complexity index is 958. The summed E-state index contributed by atoms with van der Waals surface area (Å²) >= 11 is 0. The molecule has 3 rings (SSSR count). The number of hydrogen-bond acceptors (Lipinski definition) is 5. The van der Waals surface area contributed by atoms with Crippen molar-refractivity contribution in [3.63, 3.8) is 0 Å². The summed E-state index contributed by atoms with van der Waals surface area (Å²) in [6.07, 6.45) is 2.31. The van der Waals surface area contributed by atoms with Crippen molar-refractivity contribution >= 4 is 16.8 Å². The van der Waals surface area contributed by atoms with E-state index in [9.17, 15) is 13.6 Å². The zero-order valence-electron chi connectivity index (χ0n) is 14.9. The highest BCUT2D eigenvalue weighted by atomic mass is 19.3. The monoisotopic (exact) mass is 375 g/mol. The van der Waals surface area contributed by atoms with Crippen LogP contribution >= 0.6 is 0 Å². The molecule has 3 aromatic rings. The molecule has 9 heteroatoms. The topological polar surface area (TPSA) is 81.9 Å². The van der Waals surface area contributed by atoms with Gasteiger partial charge in [-0.3, -0.25) is 14.5 Å². The third-order valence-electron chi connectivity index (χ3n) is 3.81. The lowest BCUT2D eigenvalue weighted by molar-refractivity contribution is 0.0792. The van der Waals surface area contributed by atoms with E-state index in [0.29, 0.717) is 35.2 Å². The Labute approximate surface area is 154 Å². The summed E-state index contributed by atoms with van der Waals surface area (Å²) in [5.41, 5.74) is 2.48. The van der Waals surface area contributed by atoms with Crippen LogP contribution in [0.4, 0.5) is 8.78 Å². The van der Waals surface area contributed by atoms with Crippen molar-refractivity contribution in [2.24, 2.45) is 0 Å². The minimum Gasteiger partial charge on any atom is -0.471 e. The van der Waals surface area contributed by atoms with Gasteiger partial charge in [0.15, 0.2) is 6.61 Å². The number of carbonyl (C=O) groups is 1. The molecule has 3 aromatic heterocycles.